The van der Waals surface area contributed by atoms with Crippen LogP contribution in [0.5, 0.6) is 0 Å². The molecule has 2 nitrogen and oxygen atoms in total. The van der Waals surface area contributed by atoms with Crippen LogP contribution in [0.4, 0.5) is 8.78 Å². The molecule has 1 heterocycles. The summed E-state index contributed by atoms with van der Waals surface area (Å²) < 4.78 is 28.0. The first-order chi connectivity index (χ1) is 16.0. The normalized spacial score (nSPS) is 14.8. The molecular formula is C29H25F2NO. The van der Waals surface area contributed by atoms with Crippen LogP contribution in [0.2, 0.25) is 0 Å². The number of fused-ring (bicyclic) bond motifs is 5. The fourth-order valence-electron chi connectivity index (χ4n) is 5.08. The van der Waals surface area contributed by atoms with Gasteiger partial charge in [-0.25, -0.2) is 8.78 Å². The number of nitrogens with zero attached hydrogens (tertiary/aromatic N) is 1. The Kier molecular flexibility index (Phi) is 5.67. The summed E-state index contributed by atoms with van der Waals surface area (Å²) in [5.41, 5.74) is 6.84. The van der Waals surface area contributed by atoms with E-state index in [0.717, 1.165) is 68.8 Å². The molecule has 2 aliphatic rings. The van der Waals surface area contributed by atoms with Crippen molar-refractivity contribution < 1.29 is 13.5 Å². The molecule has 6 rings (SSSR count). The van der Waals surface area contributed by atoms with E-state index in [1.807, 2.05) is 49.4 Å². The van der Waals surface area contributed by atoms with E-state index in [1.54, 1.807) is 12.1 Å². The number of para-hydroxylation sites is 1. The van der Waals surface area contributed by atoms with Gasteiger partial charge < -0.3 is 5.21 Å². The van der Waals surface area contributed by atoms with E-state index >= 15 is 0 Å². The van der Waals surface area contributed by atoms with Gasteiger partial charge in [0, 0.05) is 23.1 Å². The predicted octanol–water partition coefficient (Wildman–Crippen LogP) is 7.61. The van der Waals surface area contributed by atoms with Gasteiger partial charge in [-0.3, -0.25) is 0 Å². The smallest absolute Gasteiger partial charge is 0.264 e. The molecule has 33 heavy (non-hydrogen) atoms. The molecule has 0 bridgehead atoms. The van der Waals surface area contributed by atoms with Crippen LogP contribution in [-0.4, -0.2) is 0 Å². The molecule has 0 atom stereocenters. The van der Waals surface area contributed by atoms with Gasteiger partial charge >= 0.3 is 0 Å². The van der Waals surface area contributed by atoms with E-state index in [0.29, 0.717) is 0 Å². The van der Waals surface area contributed by atoms with Crippen molar-refractivity contribution in [3.05, 3.63) is 112 Å². The number of aromatic nitrogens is 1. The van der Waals surface area contributed by atoms with Gasteiger partial charge in [-0.15, -0.1) is 0 Å². The predicted molar refractivity (Wildman–Crippen MR) is 130 cm³/mol. The van der Waals surface area contributed by atoms with Crippen LogP contribution >= 0.6 is 0 Å². The van der Waals surface area contributed by atoms with Gasteiger partial charge in [0.05, 0.1) is 0 Å². The number of rotatable bonds is 1. The number of hydrogen-bond donors (Lipinski definition) is 0. The van der Waals surface area contributed by atoms with E-state index in [9.17, 15) is 14.0 Å². The zero-order valence-corrected chi connectivity index (χ0v) is 18.5. The number of alkyl halides is 2. The topological polar surface area (TPSA) is 26.9 Å². The third kappa shape index (κ3) is 4.02. The molecule has 0 aliphatic heterocycles. The van der Waals surface area contributed by atoms with Crippen molar-refractivity contribution in [1.82, 2.24) is 0 Å². The molecule has 0 N–H and O–H groups in total. The van der Waals surface area contributed by atoms with E-state index in [-0.39, 0.29) is 5.56 Å². The summed E-state index contributed by atoms with van der Waals surface area (Å²) in [6, 6.07) is 19.0. The summed E-state index contributed by atoms with van der Waals surface area (Å²) in [6.45, 7) is 1.88. The fourth-order valence-corrected chi connectivity index (χ4v) is 5.08. The lowest BCUT2D eigenvalue weighted by molar-refractivity contribution is -0.577. The third-order valence-corrected chi connectivity index (χ3v) is 6.55. The number of benzene rings is 3. The molecule has 166 valence electrons. The lowest BCUT2D eigenvalue weighted by atomic mass is 9.79. The summed E-state index contributed by atoms with van der Waals surface area (Å²) in [4.78, 5) is 0. The van der Waals surface area contributed by atoms with Crippen LogP contribution in [0.15, 0.2) is 84.6 Å². The number of hydrogen-bond acceptors (Lipinski definition) is 1. The summed E-state index contributed by atoms with van der Waals surface area (Å²) >= 11 is 0. The van der Waals surface area contributed by atoms with Crippen molar-refractivity contribution in [3.8, 4) is 0 Å². The Bertz CT molecular complexity index is 1410. The Morgan fingerprint density at radius 1 is 0.909 bits per heavy atom. The van der Waals surface area contributed by atoms with Crippen LogP contribution < -0.4 is 4.73 Å². The number of halogens is 2. The molecule has 1 aromatic heterocycles. The maximum absolute atomic E-state index is 13.6. The Labute approximate surface area is 192 Å². The van der Waals surface area contributed by atoms with Gasteiger partial charge in [-0.2, -0.15) is 4.73 Å². The standard InChI is InChI=1S/C20H18F2.C9H7NO/c1-12-10-14-7-8-16-15-5-3-2-4-13(15)6-9-17(16)19(14)18(11-12)20(21)22;11-10-7-3-5-8-4-1-2-6-9(8)10/h3,5,7-8,10-11,20H,2,4,6,9H2,1H3;1-7H. The van der Waals surface area contributed by atoms with Crippen molar-refractivity contribution in [2.45, 2.75) is 39.0 Å². The highest BCUT2D eigenvalue weighted by atomic mass is 19.3. The minimum atomic E-state index is -2.42. The summed E-state index contributed by atoms with van der Waals surface area (Å²) in [5.74, 6) is 0. The molecule has 0 saturated heterocycles. The van der Waals surface area contributed by atoms with Crippen molar-refractivity contribution in [2.24, 2.45) is 0 Å². The average molecular weight is 442 g/mol. The quantitative estimate of drug-likeness (QED) is 0.221. The number of pyridine rings is 1. The molecule has 4 aromatic rings. The lowest BCUT2D eigenvalue weighted by Gasteiger charge is -2.26. The Balaban J connectivity index is 0.000000174. The second-order valence-corrected chi connectivity index (χ2v) is 8.70. The van der Waals surface area contributed by atoms with Crippen molar-refractivity contribution >= 4 is 27.2 Å². The minimum Gasteiger partial charge on any atom is -0.618 e. The Hall–Kier alpha value is -3.53. The highest BCUT2D eigenvalue weighted by Crippen LogP contribution is 2.42. The molecule has 0 radical (unpaired) electrons. The van der Waals surface area contributed by atoms with E-state index in [1.165, 1.54) is 17.3 Å². The molecule has 0 amide bonds. The molecule has 2 aliphatic carbocycles. The summed E-state index contributed by atoms with van der Waals surface area (Å²) in [7, 11) is 0. The van der Waals surface area contributed by atoms with Crippen LogP contribution in [0, 0.1) is 12.1 Å². The SMILES string of the molecule is Cc1cc(C(F)F)c2c3c(ccc2c1)C1=C(CCC=C1)CC3.[O-][n+]1cccc2ccccc21. The van der Waals surface area contributed by atoms with E-state index < -0.39 is 6.43 Å². The molecule has 4 heteroatoms. The first kappa shape index (κ1) is 21.3. The van der Waals surface area contributed by atoms with Crippen LogP contribution in [-0.2, 0) is 6.42 Å². The lowest BCUT2D eigenvalue weighted by Crippen LogP contribution is -2.25. The van der Waals surface area contributed by atoms with Gasteiger partial charge in [0.15, 0.2) is 6.20 Å². The third-order valence-electron chi connectivity index (χ3n) is 6.55. The maximum atomic E-state index is 13.6. The fraction of sp³-hybridized carbons (Fsp3) is 0.207. The van der Waals surface area contributed by atoms with Gasteiger partial charge in [-0.1, -0.05) is 53.6 Å². The first-order valence-electron chi connectivity index (χ1n) is 11.3. The molecule has 0 fully saturated rings. The van der Waals surface area contributed by atoms with E-state index in [2.05, 4.69) is 18.2 Å². The van der Waals surface area contributed by atoms with Crippen molar-refractivity contribution in [1.29, 1.82) is 0 Å². The van der Waals surface area contributed by atoms with Gasteiger partial charge in [0.25, 0.3) is 6.43 Å². The first-order valence-corrected chi connectivity index (χ1v) is 11.3. The minimum absolute atomic E-state index is 0.190. The zero-order chi connectivity index (χ0) is 22.9. The molecule has 0 spiro atoms. The van der Waals surface area contributed by atoms with Crippen LogP contribution in [0.3, 0.4) is 0 Å². The van der Waals surface area contributed by atoms with Gasteiger partial charge in [-0.05, 0) is 78.3 Å². The molecule has 3 aromatic carbocycles. The second kappa shape index (κ2) is 8.78. The highest BCUT2D eigenvalue weighted by Gasteiger charge is 2.23. The maximum Gasteiger partial charge on any atom is 0.264 e. The van der Waals surface area contributed by atoms with Crippen molar-refractivity contribution in [3.63, 3.8) is 0 Å². The molecule has 0 saturated carbocycles. The average Bonchev–Trinajstić information content (AvgIpc) is 2.83. The largest absolute Gasteiger partial charge is 0.618 e. The number of aryl methyl sites for hydroxylation is 2. The summed E-state index contributed by atoms with van der Waals surface area (Å²) in [6.07, 6.45) is 7.54. The zero-order valence-electron chi connectivity index (χ0n) is 18.5. The second-order valence-electron chi connectivity index (χ2n) is 8.70. The van der Waals surface area contributed by atoms with E-state index in [4.69, 9.17) is 0 Å². The molecular weight excluding hydrogens is 416 g/mol. The highest BCUT2D eigenvalue weighted by molar-refractivity contribution is 5.96. The number of allylic oxidation sites excluding steroid dienone is 4. The summed E-state index contributed by atoms with van der Waals surface area (Å²) in [5, 5.41) is 13.8. The van der Waals surface area contributed by atoms with Crippen LogP contribution in [0.1, 0.15) is 47.9 Å². The Morgan fingerprint density at radius 3 is 2.55 bits per heavy atom. The van der Waals surface area contributed by atoms with Crippen LogP contribution in [0.25, 0.3) is 27.2 Å². The van der Waals surface area contributed by atoms with Crippen molar-refractivity contribution in [2.75, 3.05) is 0 Å². The molecule has 0 unspecified atom stereocenters. The Morgan fingerprint density at radius 2 is 1.73 bits per heavy atom. The van der Waals surface area contributed by atoms with Gasteiger partial charge in [0.1, 0.15) is 0 Å². The van der Waals surface area contributed by atoms with Gasteiger partial charge in [0.2, 0.25) is 5.52 Å². The monoisotopic (exact) mass is 441 g/mol.